The topological polar surface area (TPSA) is 105 Å². The zero-order valence-corrected chi connectivity index (χ0v) is 19.2. The Morgan fingerprint density at radius 1 is 1.06 bits per heavy atom. The molecule has 1 heterocycles. The molecule has 0 unspecified atom stereocenters. The molecule has 0 radical (unpaired) electrons. The van der Waals surface area contributed by atoms with Gasteiger partial charge in [0.1, 0.15) is 6.23 Å². The molecule has 0 spiro atoms. The van der Waals surface area contributed by atoms with E-state index in [1.165, 1.54) is 4.31 Å². The highest BCUT2D eigenvalue weighted by Crippen LogP contribution is 2.25. The lowest BCUT2D eigenvalue weighted by Gasteiger charge is -2.35. The Labute approximate surface area is 189 Å². The van der Waals surface area contributed by atoms with Crippen LogP contribution in [0.3, 0.4) is 0 Å². The first-order valence-corrected chi connectivity index (χ1v) is 12.0. The van der Waals surface area contributed by atoms with Crippen molar-refractivity contribution >= 4 is 21.8 Å². The lowest BCUT2D eigenvalue weighted by Crippen LogP contribution is -2.53. The molecular weight excluding hydrogens is 430 g/mol. The van der Waals surface area contributed by atoms with Crippen LogP contribution in [0.15, 0.2) is 53.4 Å². The number of sulfonamides is 1. The Balaban J connectivity index is 1.58. The molecule has 2 aromatic rings. The molecule has 0 aliphatic carbocycles. The Bertz CT molecular complexity index is 1060. The summed E-state index contributed by atoms with van der Waals surface area (Å²) in [6.07, 6.45) is 0.275. The largest absolute Gasteiger partial charge is 0.360 e. The van der Waals surface area contributed by atoms with E-state index in [0.29, 0.717) is 31.6 Å². The number of hydrogen-bond acceptors (Lipinski definition) is 5. The smallest absolute Gasteiger partial charge is 0.309 e. The number of carbonyl (C=O) groups is 2. The highest BCUT2D eigenvalue weighted by Gasteiger charge is 2.35. The Morgan fingerprint density at radius 2 is 1.78 bits per heavy atom. The third-order valence-corrected chi connectivity index (χ3v) is 7.30. The Kier molecular flexibility index (Phi) is 8.00. The SMILES string of the molecule is Cc1ccc(C)c(S(=O)(=O)N2CCCO[C@H]2CNC(=O)C(=O)NCCc2ccccc2)c1. The minimum atomic E-state index is -3.82. The number of carbonyl (C=O) groups excluding carboxylic acids is 2. The molecule has 1 atom stereocenters. The van der Waals surface area contributed by atoms with Crippen molar-refractivity contribution in [3.05, 3.63) is 65.2 Å². The van der Waals surface area contributed by atoms with Crippen molar-refractivity contribution in [3.63, 3.8) is 0 Å². The molecule has 9 heteroatoms. The van der Waals surface area contributed by atoms with Crippen molar-refractivity contribution in [2.75, 3.05) is 26.2 Å². The van der Waals surface area contributed by atoms with E-state index in [1.54, 1.807) is 19.1 Å². The molecule has 0 saturated carbocycles. The van der Waals surface area contributed by atoms with Crippen LogP contribution in [0.2, 0.25) is 0 Å². The van der Waals surface area contributed by atoms with Crippen LogP contribution in [0.4, 0.5) is 0 Å². The van der Waals surface area contributed by atoms with Crippen molar-refractivity contribution < 1.29 is 22.7 Å². The van der Waals surface area contributed by atoms with Crippen LogP contribution in [0.1, 0.15) is 23.1 Å². The number of nitrogens with zero attached hydrogens (tertiary/aromatic N) is 1. The van der Waals surface area contributed by atoms with E-state index in [2.05, 4.69) is 10.6 Å². The second-order valence-corrected chi connectivity index (χ2v) is 9.62. The third kappa shape index (κ3) is 5.93. The first-order valence-electron chi connectivity index (χ1n) is 10.6. The average molecular weight is 460 g/mol. The zero-order valence-electron chi connectivity index (χ0n) is 18.3. The maximum Gasteiger partial charge on any atom is 0.309 e. The summed E-state index contributed by atoms with van der Waals surface area (Å²) in [6.45, 7) is 4.44. The Morgan fingerprint density at radius 3 is 2.53 bits per heavy atom. The van der Waals surface area contributed by atoms with E-state index in [1.807, 2.05) is 43.3 Å². The third-order valence-electron chi connectivity index (χ3n) is 5.27. The molecule has 2 N–H and O–H groups in total. The zero-order chi connectivity index (χ0) is 23.1. The van der Waals surface area contributed by atoms with Crippen molar-refractivity contribution in [2.24, 2.45) is 0 Å². The minimum absolute atomic E-state index is 0.116. The van der Waals surface area contributed by atoms with Gasteiger partial charge in [0.2, 0.25) is 10.0 Å². The van der Waals surface area contributed by atoms with E-state index >= 15 is 0 Å². The number of ether oxygens (including phenoxy) is 1. The van der Waals surface area contributed by atoms with Crippen LogP contribution in [0.5, 0.6) is 0 Å². The molecule has 8 nitrogen and oxygen atoms in total. The van der Waals surface area contributed by atoms with E-state index in [9.17, 15) is 18.0 Å². The molecule has 172 valence electrons. The van der Waals surface area contributed by atoms with Gasteiger partial charge in [0.25, 0.3) is 0 Å². The molecule has 1 aliphatic heterocycles. The van der Waals surface area contributed by atoms with Gasteiger partial charge in [-0.05, 0) is 49.4 Å². The van der Waals surface area contributed by atoms with Crippen LogP contribution >= 0.6 is 0 Å². The van der Waals surface area contributed by atoms with Gasteiger partial charge in [-0.1, -0.05) is 42.5 Å². The summed E-state index contributed by atoms with van der Waals surface area (Å²) in [4.78, 5) is 24.5. The number of aryl methyl sites for hydroxylation is 2. The van der Waals surface area contributed by atoms with Gasteiger partial charge in [-0.15, -0.1) is 0 Å². The number of nitrogens with one attached hydrogen (secondary N) is 2. The van der Waals surface area contributed by atoms with Crippen molar-refractivity contribution in [3.8, 4) is 0 Å². The lowest BCUT2D eigenvalue weighted by molar-refractivity contribution is -0.140. The molecule has 3 rings (SSSR count). The summed E-state index contributed by atoms with van der Waals surface area (Å²) >= 11 is 0. The molecule has 2 amide bonds. The quantitative estimate of drug-likeness (QED) is 0.611. The molecule has 0 bridgehead atoms. The summed E-state index contributed by atoms with van der Waals surface area (Å²) in [5.74, 6) is -1.59. The van der Waals surface area contributed by atoms with Crippen LogP contribution in [0.25, 0.3) is 0 Å². The fraction of sp³-hybridized carbons (Fsp3) is 0.391. The van der Waals surface area contributed by atoms with Gasteiger partial charge in [0.05, 0.1) is 18.0 Å². The summed E-state index contributed by atoms with van der Waals surface area (Å²) in [5, 5.41) is 5.07. The predicted molar refractivity (Wildman–Crippen MR) is 120 cm³/mol. The van der Waals surface area contributed by atoms with Gasteiger partial charge < -0.3 is 15.4 Å². The second kappa shape index (κ2) is 10.7. The van der Waals surface area contributed by atoms with Gasteiger partial charge in [-0.25, -0.2) is 8.42 Å². The summed E-state index contributed by atoms with van der Waals surface area (Å²) in [5.41, 5.74) is 2.53. The van der Waals surface area contributed by atoms with E-state index in [4.69, 9.17) is 4.74 Å². The van der Waals surface area contributed by atoms with Crippen LogP contribution in [-0.4, -0.2) is 57.0 Å². The monoisotopic (exact) mass is 459 g/mol. The number of hydrogen-bond donors (Lipinski definition) is 2. The first kappa shape index (κ1) is 23.9. The van der Waals surface area contributed by atoms with Gasteiger partial charge >= 0.3 is 11.8 Å². The molecule has 32 heavy (non-hydrogen) atoms. The van der Waals surface area contributed by atoms with Gasteiger partial charge in [0.15, 0.2) is 0 Å². The van der Waals surface area contributed by atoms with Crippen molar-refractivity contribution in [2.45, 2.75) is 37.8 Å². The fourth-order valence-electron chi connectivity index (χ4n) is 3.52. The standard InChI is InChI=1S/C23H29N3O5S/c1-17-9-10-18(2)20(15-17)32(29,30)26-13-6-14-31-21(26)16-25-23(28)22(27)24-12-11-19-7-4-3-5-8-19/h3-5,7-10,15,21H,6,11-14,16H2,1-2H3,(H,24,27)(H,25,28)/t21-/m0/s1. The summed E-state index contributed by atoms with van der Waals surface area (Å²) in [7, 11) is -3.82. The predicted octanol–water partition coefficient (Wildman–Crippen LogP) is 1.52. The maximum absolute atomic E-state index is 13.3. The number of amides is 2. The average Bonchev–Trinajstić information content (AvgIpc) is 2.79. The molecule has 2 aromatic carbocycles. The normalized spacial score (nSPS) is 17.0. The first-order chi connectivity index (χ1) is 15.3. The Hall–Kier alpha value is -2.75. The lowest BCUT2D eigenvalue weighted by atomic mass is 10.1. The van der Waals surface area contributed by atoms with E-state index in [-0.39, 0.29) is 18.0 Å². The molecule has 1 saturated heterocycles. The maximum atomic E-state index is 13.3. The molecule has 1 aliphatic rings. The summed E-state index contributed by atoms with van der Waals surface area (Å²) in [6, 6.07) is 14.9. The number of rotatable bonds is 7. The highest BCUT2D eigenvalue weighted by molar-refractivity contribution is 7.89. The van der Waals surface area contributed by atoms with E-state index in [0.717, 1.165) is 11.1 Å². The van der Waals surface area contributed by atoms with E-state index < -0.39 is 28.1 Å². The van der Waals surface area contributed by atoms with Crippen LogP contribution in [-0.2, 0) is 30.8 Å². The van der Waals surface area contributed by atoms with Crippen molar-refractivity contribution in [1.29, 1.82) is 0 Å². The number of benzene rings is 2. The molecule has 0 aromatic heterocycles. The van der Waals surface area contributed by atoms with Crippen molar-refractivity contribution in [1.82, 2.24) is 14.9 Å². The van der Waals surface area contributed by atoms with Crippen LogP contribution in [0, 0.1) is 13.8 Å². The molecular formula is C23H29N3O5S. The van der Waals surface area contributed by atoms with Gasteiger partial charge in [-0.3, -0.25) is 9.59 Å². The minimum Gasteiger partial charge on any atom is -0.360 e. The second-order valence-electron chi connectivity index (χ2n) is 7.77. The highest BCUT2D eigenvalue weighted by atomic mass is 32.2. The summed E-state index contributed by atoms with van der Waals surface area (Å²) < 4.78 is 33.5. The van der Waals surface area contributed by atoms with Crippen LogP contribution < -0.4 is 10.6 Å². The fourth-order valence-corrected chi connectivity index (χ4v) is 5.40. The van der Waals surface area contributed by atoms with Gasteiger partial charge in [0, 0.05) is 13.1 Å². The molecule has 1 fully saturated rings. The van der Waals surface area contributed by atoms with Gasteiger partial charge in [-0.2, -0.15) is 4.31 Å².